The van der Waals surface area contributed by atoms with Crippen molar-refractivity contribution in [1.82, 2.24) is 14.5 Å². The lowest BCUT2D eigenvalue weighted by Crippen LogP contribution is -2.07. The number of nitrogens with zero attached hydrogens (tertiary/aromatic N) is 4. The number of nitriles is 1. The molecule has 2 aromatic heterocycles. The quantitative estimate of drug-likeness (QED) is 0.834. The zero-order chi connectivity index (χ0) is 11.4. The summed E-state index contributed by atoms with van der Waals surface area (Å²) in [6.07, 6.45) is 5.22. The number of anilines is 1. The maximum atomic E-state index is 8.86. The molecule has 0 fully saturated rings. The first-order chi connectivity index (χ1) is 7.81. The van der Waals surface area contributed by atoms with Crippen LogP contribution in [0.2, 0.25) is 0 Å². The molecule has 0 aromatic carbocycles. The maximum absolute atomic E-state index is 8.86. The van der Waals surface area contributed by atoms with Crippen LogP contribution in [0.1, 0.15) is 11.5 Å². The molecule has 16 heavy (non-hydrogen) atoms. The minimum Gasteiger partial charge on any atom is -0.375 e. The Labute approximate surface area is 93.4 Å². The van der Waals surface area contributed by atoms with E-state index in [0.29, 0.717) is 12.2 Å². The Morgan fingerprint density at radius 1 is 1.44 bits per heavy atom. The number of hydrogen-bond donors (Lipinski definition) is 1. The fourth-order valence-electron chi connectivity index (χ4n) is 1.38. The lowest BCUT2D eigenvalue weighted by atomic mass is 10.3. The van der Waals surface area contributed by atoms with Crippen molar-refractivity contribution in [3.05, 3.63) is 42.2 Å². The molecule has 0 spiro atoms. The Morgan fingerprint density at radius 3 is 3.00 bits per heavy atom. The Morgan fingerprint density at radius 2 is 2.31 bits per heavy atom. The number of pyridine rings is 1. The van der Waals surface area contributed by atoms with Crippen molar-refractivity contribution in [3.63, 3.8) is 0 Å². The van der Waals surface area contributed by atoms with Crippen molar-refractivity contribution in [2.45, 2.75) is 6.54 Å². The van der Waals surface area contributed by atoms with Gasteiger partial charge in [0.25, 0.3) is 0 Å². The zero-order valence-electron chi connectivity index (χ0n) is 8.88. The molecule has 80 valence electrons. The second kappa shape index (κ2) is 4.45. The third-order valence-electron chi connectivity index (χ3n) is 2.27. The highest BCUT2D eigenvalue weighted by Gasteiger charge is 2.03. The van der Waals surface area contributed by atoms with Gasteiger partial charge in [-0.25, -0.2) is 9.97 Å². The second-order valence-corrected chi connectivity index (χ2v) is 3.32. The van der Waals surface area contributed by atoms with E-state index in [1.165, 1.54) is 0 Å². The van der Waals surface area contributed by atoms with Gasteiger partial charge < -0.3 is 9.88 Å². The van der Waals surface area contributed by atoms with E-state index in [-0.39, 0.29) is 0 Å². The number of aryl methyl sites for hydroxylation is 1. The van der Waals surface area contributed by atoms with E-state index in [0.717, 1.165) is 11.5 Å². The van der Waals surface area contributed by atoms with Crippen molar-refractivity contribution in [3.8, 4) is 6.07 Å². The predicted molar refractivity (Wildman–Crippen MR) is 59.5 cm³/mol. The molecule has 2 heterocycles. The molecule has 0 atom stereocenters. The minimum absolute atomic E-state index is 0.400. The van der Waals surface area contributed by atoms with Gasteiger partial charge in [-0.3, -0.25) is 0 Å². The predicted octanol–water partition coefficient (Wildman–Crippen LogP) is 1.30. The lowest BCUT2D eigenvalue weighted by molar-refractivity contribution is 0.812. The summed E-state index contributed by atoms with van der Waals surface area (Å²) in [5, 5.41) is 12.0. The number of hydrogen-bond acceptors (Lipinski definition) is 4. The number of nitrogens with one attached hydrogen (secondary N) is 1. The van der Waals surface area contributed by atoms with E-state index in [9.17, 15) is 0 Å². The molecule has 0 unspecified atom stereocenters. The summed E-state index contributed by atoms with van der Waals surface area (Å²) in [6.45, 7) is 0.573. The van der Waals surface area contributed by atoms with Crippen LogP contribution < -0.4 is 5.32 Å². The first kappa shape index (κ1) is 10.2. The highest BCUT2D eigenvalue weighted by molar-refractivity contribution is 5.53. The van der Waals surface area contributed by atoms with Crippen LogP contribution >= 0.6 is 0 Å². The van der Waals surface area contributed by atoms with E-state index < -0.39 is 0 Å². The number of imidazole rings is 1. The van der Waals surface area contributed by atoms with E-state index in [1.807, 2.05) is 29.9 Å². The van der Waals surface area contributed by atoms with Crippen molar-refractivity contribution in [2.75, 3.05) is 5.32 Å². The topological polar surface area (TPSA) is 66.5 Å². The molecule has 2 rings (SSSR count). The highest BCUT2D eigenvalue weighted by Crippen LogP contribution is 2.11. The molecule has 5 nitrogen and oxygen atoms in total. The van der Waals surface area contributed by atoms with Gasteiger partial charge in [0.1, 0.15) is 11.9 Å². The molecule has 0 aliphatic heterocycles. The normalized spacial score (nSPS) is 9.75. The lowest BCUT2D eigenvalue weighted by Gasteiger charge is -2.06. The SMILES string of the molecule is Cn1ccnc1CNc1cccnc1C#N. The molecule has 0 saturated carbocycles. The van der Waals surface area contributed by atoms with Gasteiger partial charge in [-0.05, 0) is 12.1 Å². The summed E-state index contributed by atoms with van der Waals surface area (Å²) < 4.78 is 1.93. The fraction of sp³-hybridized carbons (Fsp3) is 0.182. The van der Waals surface area contributed by atoms with E-state index in [4.69, 9.17) is 5.26 Å². The van der Waals surface area contributed by atoms with Crippen LogP contribution in [0, 0.1) is 11.3 Å². The van der Waals surface area contributed by atoms with Gasteiger partial charge in [0.05, 0.1) is 12.2 Å². The van der Waals surface area contributed by atoms with Crippen molar-refractivity contribution in [1.29, 1.82) is 5.26 Å². The van der Waals surface area contributed by atoms with Gasteiger partial charge in [0.2, 0.25) is 0 Å². The van der Waals surface area contributed by atoms with Gasteiger partial charge in [0, 0.05) is 25.6 Å². The van der Waals surface area contributed by atoms with Crippen LogP contribution in [0.5, 0.6) is 0 Å². The first-order valence-electron chi connectivity index (χ1n) is 4.86. The maximum Gasteiger partial charge on any atom is 0.163 e. The summed E-state index contributed by atoms with van der Waals surface area (Å²) in [6, 6.07) is 5.66. The molecule has 5 heteroatoms. The van der Waals surface area contributed by atoms with Crippen molar-refractivity contribution < 1.29 is 0 Å². The molecule has 0 radical (unpaired) electrons. The molecule has 0 saturated heterocycles. The number of rotatable bonds is 3. The van der Waals surface area contributed by atoms with Crippen LogP contribution in [-0.2, 0) is 13.6 Å². The third kappa shape index (κ3) is 2.01. The number of aromatic nitrogens is 3. The smallest absolute Gasteiger partial charge is 0.163 e. The van der Waals surface area contributed by atoms with Crippen LogP contribution in [-0.4, -0.2) is 14.5 Å². The Kier molecular flexibility index (Phi) is 2.83. The summed E-state index contributed by atoms with van der Waals surface area (Å²) in [5.74, 6) is 0.910. The fourth-order valence-corrected chi connectivity index (χ4v) is 1.38. The molecule has 0 aliphatic carbocycles. The average Bonchev–Trinajstić information content (AvgIpc) is 2.72. The van der Waals surface area contributed by atoms with E-state index in [2.05, 4.69) is 15.3 Å². The molecular weight excluding hydrogens is 202 g/mol. The summed E-state index contributed by atoms with van der Waals surface area (Å²) in [7, 11) is 1.93. The molecular formula is C11H11N5. The van der Waals surface area contributed by atoms with Crippen LogP contribution in [0.15, 0.2) is 30.7 Å². The van der Waals surface area contributed by atoms with Gasteiger partial charge in [0.15, 0.2) is 5.69 Å². The largest absolute Gasteiger partial charge is 0.375 e. The van der Waals surface area contributed by atoms with Gasteiger partial charge in [-0.2, -0.15) is 5.26 Å². The standard InChI is InChI=1S/C11H11N5/c1-16-6-5-14-11(16)8-15-9-3-2-4-13-10(9)7-12/h2-6,15H,8H2,1H3. The molecule has 0 amide bonds. The van der Waals surface area contributed by atoms with Crippen molar-refractivity contribution in [2.24, 2.45) is 7.05 Å². The van der Waals surface area contributed by atoms with Gasteiger partial charge in [-0.1, -0.05) is 0 Å². The van der Waals surface area contributed by atoms with Crippen LogP contribution in [0.4, 0.5) is 5.69 Å². The third-order valence-corrected chi connectivity index (χ3v) is 2.27. The van der Waals surface area contributed by atoms with Gasteiger partial charge in [-0.15, -0.1) is 0 Å². The molecule has 0 aliphatic rings. The monoisotopic (exact) mass is 213 g/mol. The van der Waals surface area contributed by atoms with Crippen molar-refractivity contribution >= 4 is 5.69 Å². The first-order valence-corrected chi connectivity index (χ1v) is 4.86. The van der Waals surface area contributed by atoms with E-state index >= 15 is 0 Å². The summed E-state index contributed by atoms with van der Waals surface area (Å²) >= 11 is 0. The molecule has 2 aromatic rings. The molecule has 0 bridgehead atoms. The minimum atomic E-state index is 0.400. The zero-order valence-corrected chi connectivity index (χ0v) is 8.88. The Hall–Kier alpha value is -2.35. The Bertz CT molecular complexity index is 523. The van der Waals surface area contributed by atoms with Crippen LogP contribution in [0.25, 0.3) is 0 Å². The van der Waals surface area contributed by atoms with E-state index in [1.54, 1.807) is 18.5 Å². The second-order valence-electron chi connectivity index (χ2n) is 3.32. The molecule has 1 N–H and O–H groups in total. The Balaban J connectivity index is 2.11. The van der Waals surface area contributed by atoms with Gasteiger partial charge >= 0.3 is 0 Å². The summed E-state index contributed by atoms with van der Waals surface area (Å²) in [5.41, 5.74) is 1.13. The van der Waals surface area contributed by atoms with Crippen LogP contribution in [0.3, 0.4) is 0 Å². The average molecular weight is 213 g/mol. The summed E-state index contributed by atoms with van der Waals surface area (Å²) in [4.78, 5) is 8.15. The highest BCUT2D eigenvalue weighted by atomic mass is 15.1.